The molecule has 4 rings (SSSR count). The van der Waals surface area contributed by atoms with Crippen molar-refractivity contribution in [1.82, 2.24) is 5.32 Å². The predicted molar refractivity (Wildman–Crippen MR) is 107 cm³/mol. The molecule has 2 heterocycles. The maximum Gasteiger partial charge on any atom is 0.161 e. The van der Waals surface area contributed by atoms with E-state index in [-0.39, 0.29) is 6.04 Å². The van der Waals surface area contributed by atoms with Crippen LogP contribution in [0.2, 0.25) is 0 Å². The van der Waals surface area contributed by atoms with Gasteiger partial charge in [0.05, 0.1) is 33.5 Å². The van der Waals surface area contributed by atoms with Crippen LogP contribution in [0.15, 0.2) is 36.4 Å². The molecule has 2 aliphatic rings. The number of hydrogen-bond donors (Lipinski definition) is 1. The molecule has 1 fully saturated rings. The third kappa shape index (κ3) is 3.62. The van der Waals surface area contributed by atoms with Gasteiger partial charge in [-0.1, -0.05) is 12.1 Å². The monoisotopic (exact) mass is 368 g/mol. The van der Waals surface area contributed by atoms with Crippen LogP contribution >= 0.6 is 0 Å². The maximum absolute atomic E-state index is 5.54. The SMILES string of the molecule is COc1cc2c(cc1OC)[C@H](c1ccc(N3CCOCC3)cc1)N[C@@H](C)C2. The van der Waals surface area contributed by atoms with Gasteiger partial charge < -0.3 is 24.4 Å². The first-order chi connectivity index (χ1) is 13.2. The Kier molecular flexibility index (Phi) is 5.23. The normalized spacial score (nSPS) is 22.3. The molecule has 0 bridgehead atoms. The number of nitrogens with zero attached hydrogens (tertiary/aromatic N) is 1. The largest absolute Gasteiger partial charge is 0.493 e. The molecule has 0 unspecified atom stereocenters. The Balaban J connectivity index is 1.66. The van der Waals surface area contributed by atoms with Crippen molar-refractivity contribution in [2.24, 2.45) is 0 Å². The van der Waals surface area contributed by atoms with Gasteiger partial charge in [0.15, 0.2) is 11.5 Å². The molecule has 1 saturated heterocycles. The molecule has 0 amide bonds. The van der Waals surface area contributed by atoms with Gasteiger partial charge in [-0.15, -0.1) is 0 Å². The minimum absolute atomic E-state index is 0.155. The first-order valence-corrected chi connectivity index (χ1v) is 9.63. The van der Waals surface area contributed by atoms with Crippen molar-refractivity contribution in [2.45, 2.75) is 25.4 Å². The van der Waals surface area contributed by atoms with Gasteiger partial charge in [0.25, 0.3) is 0 Å². The summed E-state index contributed by atoms with van der Waals surface area (Å²) in [5.41, 5.74) is 5.12. The standard InChI is InChI=1S/C22H28N2O3/c1-15-12-17-13-20(25-2)21(26-3)14-19(17)22(23-15)16-4-6-18(7-5-16)24-8-10-27-11-9-24/h4-7,13-15,22-23H,8-12H2,1-3H3/t15-,22-/m0/s1. The fourth-order valence-electron chi connectivity index (χ4n) is 4.12. The second-order valence-electron chi connectivity index (χ2n) is 7.30. The van der Waals surface area contributed by atoms with Crippen molar-refractivity contribution < 1.29 is 14.2 Å². The van der Waals surface area contributed by atoms with E-state index in [9.17, 15) is 0 Å². The Hall–Kier alpha value is -2.24. The van der Waals surface area contributed by atoms with E-state index < -0.39 is 0 Å². The van der Waals surface area contributed by atoms with E-state index >= 15 is 0 Å². The number of methoxy groups -OCH3 is 2. The number of morpholine rings is 1. The van der Waals surface area contributed by atoms with Gasteiger partial charge >= 0.3 is 0 Å². The second-order valence-corrected chi connectivity index (χ2v) is 7.30. The lowest BCUT2D eigenvalue weighted by molar-refractivity contribution is 0.122. The van der Waals surface area contributed by atoms with Gasteiger partial charge in [0.2, 0.25) is 0 Å². The van der Waals surface area contributed by atoms with Crippen molar-refractivity contribution in [2.75, 3.05) is 45.4 Å². The lowest BCUT2D eigenvalue weighted by Gasteiger charge is -2.33. The van der Waals surface area contributed by atoms with Gasteiger partial charge in [-0.05, 0) is 54.3 Å². The summed E-state index contributed by atoms with van der Waals surface area (Å²) in [4.78, 5) is 2.38. The third-order valence-corrected chi connectivity index (χ3v) is 5.54. The van der Waals surface area contributed by atoms with E-state index in [2.05, 4.69) is 53.5 Å². The summed E-state index contributed by atoms with van der Waals surface area (Å²) in [7, 11) is 3.38. The quantitative estimate of drug-likeness (QED) is 0.898. The zero-order chi connectivity index (χ0) is 18.8. The number of fused-ring (bicyclic) bond motifs is 1. The fraction of sp³-hybridized carbons (Fsp3) is 0.455. The predicted octanol–water partition coefficient (Wildman–Crippen LogP) is 3.16. The number of nitrogens with one attached hydrogen (secondary N) is 1. The molecule has 2 atom stereocenters. The van der Waals surface area contributed by atoms with Crippen LogP contribution in [-0.2, 0) is 11.2 Å². The summed E-state index contributed by atoms with van der Waals surface area (Å²) >= 11 is 0. The lowest BCUT2D eigenvalue weighted by Crippen LogP contribution is -2.38. The summed E-state index contributed by atoms with van der Waals surface area (Å²) in [6.45, 7) is 5.75. The molecule has 0 aliphatic carbocycles. The molecular weight excluding hydrogens is 340 g/mol. The molecule has 2 aromatic rings. The molecule has 0 aromatic heterocycles. The summed E-state index contributed by atoms with van der Waals surface area (Å²) in [5, 5.41) is 3.75. The molecule has 0 saturated carbocycles. The van der Waals surface area contributed by atoms with Crippen LogP contribution in [0.1, 0.15) is 29.7 Å². The summed E-state index contributed by atoms with van der Waals surface area (Å²) in [5.74, 6) is 1.58. The topological polar surface area (TPSA) is 43.0 Å². The number of hydrogen-bond acceptors (Lipinski definition) is 5. The lowest BCUT2D eigenvalue weighted by atomic mass is 9.86. The van der Waals surface area contributed by atoms with Gasteiger partial charge in [0, 0.05) is 24.8 Å². The Morgan fingerprint density at radius 2 is 1.67 bits per heavy atom. The summed E-state index contributed by atoms with van der Waals surface area (Å²) in [6.07, 6.45) is 0.984. The van der Waals surface area contributed by atoms with E-state index in [0.29, 0.717) is 6.04 Å². The van der Waals surface area contributed by atoms with Gasteiger partial charge in [-0.25, -0.2) is 0 Å². The highest BCUT2D eigenvalue weighted by Crippen LogP contribution is 2.38. The van der Waals surface area contributed by atoms with E-state index in [1.807, 2.05) is 0 Å². The van der Waals surface area contributed by atoms with Crippen molar-refractivity contribution in [3.05, 3.63) is 53.1 Å². The van der Waals surface area contributed by atoms with Gasteiger partial charge in [0.1, 0.15) is 0 Å². The van der Waals surface area contributed by atoms with Crippen molar-refractivity contribution in [1.29, 1.82) is 0 Å². The van der Waals surface area contributed by atoms with Crippen LogP contribution in [0.4, 0.5) is 5.69 Å². The van der Waals surface area contributed by atoms with Crippen LogP contribution in [0.3, 0.4) is 0 Å². The van der Waals surface area contributed by atoms with E-state index in [4.69, 9.17) is 14.2 Å². The maximum atomic E-state index is 5.54. The molecule has 2 aromatic carbocycles. The summed E-state index contributed by atoms with van der Waals surface area (Å²) < 4.78 is 16.5. The molecule has 0 spiro atoms. The molecule has 144 valence electrons. The van der Waals surface area contributed by atoms with Crippen LogP contribution in [0.25, 0.3) is 0 Å². The number of benzene rings is 2. The average Bonchev–Trinajstić information content (AvgIpc) is 2.73. The zero-order valence-electron chi connectivity index (χ0n) is 16.3. The molecule has 5 heteroatoms. The highest BCUT2D eigenvalue weighted by Gasteiger charge is 2.27. The van der Waals surface area contributed by atoms with Crippen molar-refractivity contribution >= 4 is 5.69 Å². The number of anilines is 1. The van der Waals surface area contributed by atoms with Crippen LogP contribution in [0.5, 0.6) is 11.5 Å². The number of ether oxygens (including phenoxy) is 3. The van der Waals surface area contributed by atoms with E-state index in [1.54, 1.807) is 14.2 Å². The molecule has 0 radical (unpaired) electrons. The van der Waals surface area contributed by atoms with Crippen LogP contribution < -0.4 is 19.7 Å². The fourth-order valence-corrected chi connectivity index (χ4v) is 4.12. The Morgan fingerprint density at radius 3 is 2.33 bits per heavy atom. The van der Waals surface area contributed by atoms with Crippen LogP contribution in [0, 0.1) is 0 Å². The molecule has 1 N–H and O–H groups in total. The highest BCUT2D eigenvalue weighted by atomic mass is 16.5. The first kappa shape index (κ1) is 18.1. The van der Waals surface area contributed by atoms with E-state index in [1.165, 1.54) is 22.4 Å². The van der Waals surface area contributed by atoms with Crippen LogP contribution in [-0.4, -0.2) is 46.6 Å². The minimum atomic E-state index is 0.155. The Labute approximate surface area is 161 Å². The molecule has 2 aliphatic heterocycles. The van der Waals surface area contributed by atoms with Gasteiger partial charge in [-0.3, -0.25) is 0 Å². The summed E-state index contributed by atoms with van der Waals surface area (Å²) in [6, 6.07) is 13.7. The highest BCUT2D eigenvalue weighted by molar-refractivity contribution is 5.54. The minimum Gasteiger partial charge on any atom is -0.493 e. The second kappa shape index (κ2) is 7.79. The first-order valence-electron chi connectivity index (χ1n) is 9.63. The van der Waals surface area contributed by atoms with Gasteiger partial charge in [-0.2, -0.15) is 0 Å². The molecule has 27 heavy (non-hydrogen) atoms. The average molecular weight is 368 g/mol. The Bertz CT molecular complexity index is 785. The molecular formula is C22H28N2O3. The zero-order valence-corrected chi connectivity index (χ0v) is 16.3. The van der Waals surface area contributed by atoms with Crippen molar-refractivity contribution in [3.63, 3.8) is 0 Å². The third-order valence-electron chi connectivity index (χ3n) is 5.54. The van der Waals surface area contributed by atoms with Crippen molar-refractivity contribution in [3.8, 4) is 11.5 Å². The molecule has 5 nitrogen and oxygen atoms in total. The smallest absolute Gasteiger partial charge is 0.161 e. The number of rotatable bonds is 4. The van der Waals surface area contributed by atoms with E-state index in [0.717, 1.165) is 44.2 Å². The Morgan fingerprint density at radius 1 is 1.00 bits per heavy atom.